The molecule has 0 unspecified atom stereocenters. The largest absolute Gasteiger partial charge is 0.335 e. The van der Waals surface area contributed by atoms with Gasteiger partial charge >= 0.3 is 0 Å². The zero-order valence-electron chi connectivity index (χ0n) is 18.3. The minimum Gasteiger partial charge on any atom is -0.335 e. The van der Waals surface area contributed by atoms with E-state index in [1.54, 1.807) is 23.2 Å². The third-order valence-electron chi connectivity index (χ3n) is 6.40. The second-order valence-corrected chi connectivity index (χ2v) is 8.60. The van der Waals surface area contributed by atoms with Crippen molar-refractivity contribution in [2.75, 3.05) is 32.7 Å². The zero-order valence-corrected chi connectivity index (χ0v) is 18.3. The Balaban J connectivity index is 1.35. The number of rotatable bonds is 6. The Morgan fingerprint density at radius 3 is 2.38 bits per heavy atom. The van der Waals surface area contributed by atoms with Gasteiger partial charge in [0.2, 0.25) is 5.91 Å². The molecule has 0 bridgehead atoms. The van der Waals surface area contributed by atoms with E-state index in [-0.39, 0.29) is 23.7 Å². The van der Waals surface area contributed by atoms with Gasteiger partial charge in [-0.3, -0.25) is 19.5 Å². The highest BCUT2D eigenvalue weighted by Gasteiger charge is 2.29. The van der Waals surface area contributed by atoms with Crippen molar-refractivity contribution in [1.82, 2.24) is 24.7 Å². The topological polar surface area (TPSA) is 69.6 Å². The van der Waals surface area contributed by atoms with E-state index in [4.69, 9.17) is 0 Å². The summed E-state index contributed by atoms with van der Waals surface area (Å²) in [7, 11) is 0. The second-order valence-electron chi connectivity index (χ2n) is 8.60. The molecule has 1 saturated heterocycles. The third kappa shape index (κ3) is 5.68. The lowest BCUT2D eigenvalue weighted by molar-refractivity contribution is -0.136. The van der Waals surface area contributed by atoms with E-state index in [0.717, 1.165) is 31.2 Å². The monoisotopic (exact) mass is 439 g/mol. The Morgan fingerprint density at radius 2 is 1.72 bits per heavy atom. The molecule has 4 rings (SSSR count). The van der Waals surface area contributed by atoms with E-state index in [1.807, 2.05) is 4.90 Å². The number of benzene rings is 1. The average Bonchev–Trinajstić information content (AvgIpc) is 2.84. The minimum atomic E-state index is -0.266. The number of piperazine rings is 1. The molecule has 1 aromatic heterocycles. The van der Waals surface area contributed by atoms with Crippen molar-refractivity contribution in [3.8, 4) is 0 Å². The van der Waals surface area contributed by atoms with Gasteiger partial charge in [0.1, 0.15) is 11.5 Å². The first-order chi connectivity index (χ1) is 15.6. The maximum atomic E-state index is 13.3. The van der Waals surface area contributed by atoms with Crippen LogP contribution in [0.3, 0.4) is 0 Å². The summed E-state index contributed by atoms with van der Waals surface area (Å²) in [5.41, 5.74) is 1.30. The van der Waals surface area contributed by atoms with Crippen LogP contribution in [0.2, 0.25) is 0 Å². The van der Waals surface area contributed by atoms with Crippen LogP contribution in [-0.2, 0) is 11.3 Å². The van der Waals surface area contributed by atoms with E-state index in [9.17, 15) is 14.0 Å². The molecule has 2 amide bonds. The first-order valence-electron chi connectivity index (χ1n) is 11.4. The van der Waals surface area contributed by atoms with Crippen molar-refractivity contribution >= 4 is 11.8 Å². The number of carbonyl (C=O) groups is 2. The van der Waals surface area contributed by atoms with Gasteiger partial charge in [-0.25, -0.2) is 9.37 Å². The molecule has 1 aliphatic carbocycles. The molecule has 1 saturated carbocycles. The lowest BCUT2D eigenvalue weighted by atomic mass is 9.93. The van der Waals surface area contributed by atoms with Crippen LogP contribution in [0.4, 0.5) is 4.39 Å². The Morgan fingerprint density at radius 1 is 1.00 bits per heavy atom. The van der Waals surface area contributed by atoms with Crippen LogP contribution in [-0.4, -0.2) is 75.2 Å². The van der Waals surface area contributed by atoms with Crippen LogP contribution >= 0.6 is 0 Å². The van der Waals surface area contributed by atoms with E-state index < -0.39 is 0 Å². The highest BCUT2D eigenvalue weighted by atomic mass is 19.1. The van der Waals surface area contributed by atoms with Gasteiger partial charge in [-0.05, 0) is 30.5 Å². The molecule has 0 atom stereocenters. The van der Waals surface area contributed by atoms with Gasteiger partial charge in [0.15, 0.2) is 0 Å². The summed E-state index contributed by atoms with van der Waals surface area (Å²) in [6.07, 6.45) is 10.1. The fraction of sp³-hybridized carbons (Fsp3) is 0.500. The van der Waals surface area contributed by atoms with Gasteiger partial charge in [-0.15, -0.1) is 0 Å². The summed E-state index contributed by atoms with van der Waals surface area (Å²) in [5.74, 6) is -0.280. The lowest BCUT2D eigenvalue weighted by Crippen LogP contribution is -2.52. The summed E-state index contributed by atoms with van der Waals surface area (Å²) in [5, 5.41) is 0. The maximum Gasteiger partial charge on any atom is 0.274 e. The van der Waals surface area contributed by atoms with E-state index >= 15 is 0 Å². The van der Waals surface area contributed by atoms with Gasteiger partial charge in [0, 0.05) is 51.2 Å². The number of nitrogens with zero attached hydrogens (tertiary/aromatic N) is 5. The Labute approximate surface area is 188 Å². The first kappa shape index (κ1) is 22.3. The van der Waals surface area contributed by atoms with Crippen LogP contribution in [0.15, 0.2) is 42.9 Å². The molecule has 1 aromatic carbocycles. The van der Waals surface area contributed by atoms with Crippen molar-refractivity contribution in [2.45, 2.75) is 44.7 Å². The highest BCUT2D eigenvalue weighted by molar-refractivity contribution is 5.92. The van der Waals surface area contributed by atoms with Crippen molar-refractivity contribution in [3.63, 3.8) is 0 Å². The molecule has 8 heteroatoms. The molecular weight excluding hydrogens is 409 g/mol. The molecule has 2 aromatic rings. The smallest absolute Gasteiger partial charge is 0.274 e. The molecule has 0 radical (unpaired) electrons. The van der Waals surface area contributed by atoms with E-state index in [2.05, 4.69) is 14.9 Å². The van der Waals surface area contributed by atoms with Gasteiger partial charge < -0.3 is 9.80 Å². The lowest BCUT2D eigenvalue weighted by Gasteiger charge is -2.38. The number of amides is 2. The highest BCUT2D eigenvalue weighted by Crippen LogP contribution is 2.24. The minimum absolute atomic E-state index is 0.106. The molecule has 170 valence electrons. The number of halogens is 1. The molecule has 2 heterocycles. The number of hydrogen-bond acceptors (Lipinski definition) is 5. The van der Waals surface area contributed by atoms with Gasteiger partial charge in [-0.1, -0.05) is 31.4 Å². The van der Waals surface area contributed by atoms with Crippen LogP contribution in [0, 0.1) is 5.82 Å². The van der Waals surface area contributed by atoms with Crippen LogP contribution in [0.5, 0.6) is 0 Å². The Kier molecular flexibility index (Phi) is 7.42. The second kappa shape index (κ2) is 10.6. The van der Waals surface area contributed by atoms with Crippen molar-refractivity contribution in [3.05, 3.63) is 59.9 Å². The Hall–Kier alpha value is -2.87. The first-order valence-corrected chi connectivity index (χ1v) is 11.4. The van der Waals surface area contributed by atoms with Crippen LogP contribution in [0.1, 0.15) is 48.2 Å². The fourth-order valence-electron chi connectivity index (χ4n) is 4.56. The summed E-state index contributed by atoms with van der Waals surface area (Å²) < 4.78 is 13.3. The molecule has 1 aliphatic heterocycles. The van der Waals surface area contributed by atoms with E-state index in [0.29, 0.717) is 45.0 Å². The standard InChI is InChI=1S/C24H30FN5O2/c25-20-8-6-19(7-9-20)17-30(21-4-2-1-3-5-21)23(31)18-28-12-14-29(15-13-28)24(32)22-16-26-10-11-27-22/h6-11,16,21H,1-5,12-15,17-18H2. The molecule has 2 fully saturated rings. The summed E-state index contributed by atoms with van der Waals surface area (Å²) >= 11 is 0. The van der Waals surface area contributed by atoms with Gasteiger partial charge in [0.05, 0.1) is 12.7 Å². The van der Waals surface area contributed by atoms with Crippen molar-refractivity contribution in [1.29, 1.82) is 0 Å². The predicted molar refractivity (Wildman–Crippen MR) is 118 cm³/mol. The molecule has 0 spiro atoms. The molecule has 7 nitrogen and oxygen atoms in total. The molecule has 32 heavy (non-hydrogen) atoms. The van der Waals surface area contributed by atoms with Crippen LogP contribution in [0.25, 0.3) is 0 Å². The molecule has 2 aliphatic rings. The van der Waals surface area contributed by atoms with Crippen molar-refractivity contribution < 1.29 is 14.0 Å². The average molecular weight is 440 g/mol. The van der Waals surface area contributed by atoms with Crippen LogP contribution < -0.4 is 0 Å². The molecule has 0 N–H and O–H groups in total. The summed E-state index contributed by atoms with van der Waals surface area (Å²) in [6.45, 7) is 3.26. The Bertz CT molecular complexity index is 894. The number of aromatic nitrogens is 2. The number of hydrogen-bond donors (Lipinski definition) is 0. The maximum absolute atomic E-state index is 13.3. The van der Waals surface area contributed by atoms with Gasteiger partial charge in [0.25, 0.3) is 5.91 Å². The molecular formula is C24H30FN5O2. The SMILES string of the molecule is O=C(c1cnccn1)N1CCN(CC(=O)N(Cc2ccc(F)cc2)C2CCCCC2)CC1. The number of carbonyl (C=O) groups excluding carboxylic acids is 2. The summed E-state index contributed by atoms with van der Waals surface area (Å²) in [6, 6.07) is 6.66. The quantitative estimate of drug-likeness (QED) is 0.692. The summed E-state index contributed by atoms with van der Waals surface area (Å²) in [4.78, 5) is 39.8. The van der Waals surface area contributed by atoms with Gasteiger partial charge in [-0.2, -0.15) is 0 Å². The van der Waals surface area contributed by atoms with E-state index in [1.165, 1.54) is 30.9 Å². The normalized spacial score (nSPS) is 17.8. The third-order valence-corrected chi connectivity index (χ3v) is 6.40. The fourth-order valence-corrected chi connectivity index (χ4v) is 4.56. The van der Waals surface area contributed by atoms with Crippen molar-refractivity contribution in [2.24, 2.45) is 0 Å². The zero-order chi connectivity index (χ0) is 22.3. The predicted octanol–water partition coefficient (Wildman–Crippen LogP) is 2.74.